The number of aromatic nitrogens is 4. The highest BCUT2D eigenvalue weighted by Gasteiger charge is 2.46. The molecule has 10 rings (SSSR count). The fourth-order valence-corrected chi connectivity index (χ4v) is 10.9. The van der Waals surface area contributed by atoms with E-state index in [1.165, 1.54) is 0 Å². The van der Waals surface area contributed by atoms with Gasteiger partial charge in [-0.1, -0.05) is 24.3 Å². The Morgan fingerprint density at radius 2 is 1.68 bits per heavy atom. The Bertz CT molecular complexity index is 2690. The molecule has 16 nitrogen and oxygen atoms in total. The highest BCUT2D eigenvalue weighted by molar-refractivity contribution is 5.97. The van der Waals surface area contributed by atoms with Gasteiger partial charge in [-0.25, -0.2) is 23.5 Å². The molecule has 4 aromatic rings. The van der Waals surface area contributed by atoms with Gasteiger partial charge in [0.25, 0.3) is 5.91 Å². The van der Waals surface area contributed by atoms with Gasteiger partial charge in [-0.2, -0.15) is 9.49 Å². The number of piperazine rings is 1. The first-order valence-corrected chi connectivity index (χ1v) is 23.7. The van der Waals surface area contributed by atoms with E-state index < -0.39 is 40.7 Å². The first-order chi connectivity index (χ1) is 32.8. The van der Waals surface area contributed by atoms with Crippen molar-refractivity contribution < 1.29 is 42.2 Å². The molecule has 68 heavy (non-hydrogen) atoms. The Morgan fingerprint density at radius 1 is 0.926 bits per heavy atom. The topological polar surface area (TPSA) is 178 Å². The lowest BCUT2D eigenvalue weighted by Gasteiger charge is -2.41. The van der Waals surface area contributed by atoms with Gasteiger partial charge in [0, 0.05) is 106 Å². The van der Waals surface area contributed by atoms with E-state index in [1.807, 2.05) is 65.4 Å². The van der Waals surface area contributed by atoms with Crippen molar-refractivity contribution in [1.29, 1.82) is 0 Å². The van der Waals surface area contributed by atoms with Crippen LogP contribution in [0.3, 0.4) is 0 Å². The van der Waals surface area contributed by atoms with Crippen LogP contribution in [0.4, 0.5) is 23.9 Å². The van der Waals surface area contributed by atoms with E-state index in [0.29, 0.717) is 50.7 Å². The number of anilines is 1. The molecule has 2 aromatic heterocycles. The minimum Gasteiger partial charge on any atom is -0.503 e. The number of halogens is 3. The summed E-state index contributed by atoms with van der Waals surface area (Å²) < 4.78 is 50.3. The summed E-state index contributed by atoms with van der Waals surface area (Å²) in [7, 11) is 0. The third-order valence-electron chi connectivity index (χ3n) is 15.1. The number of ether oxygens (including phenoxy) is 1. The number of urea groups is 1. The first-order valence-electron chi connectivity index (χ1n) is 23.7. The second kappa shape index (κ2) is 18.6. The minimum atomic E-state index is -1.79. The number of aromatic hydroxyl groups is 1. The number of fused-ring (bicyclic) bond motifs is 1. The minimum absolute atomic E-state index is 0.0678. The largest absolute Gasteiger partial charge is 0.503 e. The summed E-state index contributed by atoms with van der Waals surface area (Å²) in [4.78, 5) is 68.4. The van der Waals surface area contributed by atoms with Crippen molar-refractivity contribution in [3.63, 3.8) is 0 Å². The molecular weight excluding hydrogens is 882 g/mol. The molecule has 0 bridgehead atoms. The third-order valence-corrected chi connectivity index (χ3v) is 15.1. The zero-order chi connectivity index (χ0) is 47.3. The molecule has 1 spiro atoms. The quantitative estimate of drug-likeness (QED) is 0.172. The van der Waals surface area contributed by atoms with Crippen LogP contribution >= 0.6 is 0 Å². The fraction of sp³-hybridized carbons (Fsp3) is 0.490. The van der Waals surface area contributed by atoms with Crippen LogP contribution in [-0.2, 0) is 14.3 Å². The van der Waals surface area contributed by atoms with E-state index in [1.54, 1.807) is 4.90 Å². The molecule has 4 aliphatic heterocycles. The lowest BCUT2D eigenvalue weighted by Crippen LogP contribution is -2.52. The molecule has 1 unspecified atom stereocenters. The number of piperidine rings is 1. The molecule has 4 saturated heterocycles. The maximum Gasteiger partial charge on any atom is 0.328 e. The third kappa shape index (κ3) is 9.04. The second-order valence-corrected chi connectivity index (χ2v) is 19.2. The summed E-state index contributed by atoms with van der Waals surface area (Å²) in [5.41, 5.74) is 3.42. The summed E-state index contributed by atoms with van der Waals surface area (Å²) >= 11 is 0. The number of phenolic OH excluding ortho intramolecular Hbond substituents is 1. The Labute approximate surface area is 391 Å². The normalized spacial score (nSPS) is 24.6. The van der Waals surface area contributed by atoms with Crippen LogP contribution in [0.25, 0.3) is 22.0 Å². The van der Waals surface area contributed by atoms with Crippen LogP contribution in [-0.4, -0.2) is 134 Å². The van der Waals surface area contributed by atoms with Crippen LogP contribution in [0.1, 0.15) is 81.1 Å². The van der Waals surface area contributed by atoms with Gasteiger partial charge in [0.05, 0.1) is 35.2 Å². The molecule has 2 aliphatic carbocycles. The molecular formula is C49H55F3N10O6. The van der Waals surface area contributed by atoms with Gasteiger partial charge in [-0.3, -0.25) is 34.2 Å². The molecule has 6 heterocycles. The number of nitrogens with zero attached hydrogens (tertiary/aromatic N) is 8. The number of rotatable bonds is 9. The number of hydrogen-bond donors (Lipinski definition) is 3. The molecule has 358 valence electrons. The monoisotopic (exact) mass is 936 g/mol. The summed E-state index contributed by atoms with van der Waals surface area (Å²) in [5.74, 6) is -6.91. The maximum atomic E-state index is 14.2. The van der Waals surface area contributed by atoms with Crippen molar-refractivity contribution >= 4 is 40.6 Å². The highest BCUT2D eigenvalue weighted by atomic mass is 19.2. The first kappa shape index (κ1) is 45.4. The zero-order valence-electron chi connectivity index (χ0n) is 37.9. The van der Waals surface area contributed by atoms with Crippen LogP contribution in [0.2, 0.25) is 0 Å². The number of hydrogen-bond acceptors (Lipinski definition) is 11. The summed E-state index contributed by atoms with van der Waals surface area (Å²) in [6.45, 7) is 7.77. The van der Waals surface area contributed by atoms with Crippen molar-refractivity contribution in [3.05, 3.63) is 89.3 Å². The van der Waals surface area contributed by atoms with Crippen molar-refractivity contribution in [2.24, 2.45) is 11.8 Å². The molecule has 6 aliphatic rings. The summed E-state index contributed by atoms with van der Waals surface area (Å²) in [5, 5.41) is 20.2. The number of imide groups is 1. The van der Waals surface area contributed by atoms with Crippen molar-refractivity contribution in [3.8, 4) is 16.9 Å². The van der Waals surface area contributed by atoms with E-state index >= 15 is 0 Å². The van der Waals surface area contributed by atoms with Gasteiger partial charge in [0.15, 0.2) is 17.4 Å². The Kier molecular flexibility index (Phi) is 12.4. The van der Waals surface area contributed by atoms with Crippen LogP contribution in [0.15, 0.2) is 66.3 Å². The Balaban J connectivity index is 0.669. The number of carbonyl (C=O) groups is 4. The van der Waals surface area contributed by atoms with Crippen LogP contribution in [0.5, 0.6) is 5.75 Å². The number of allylic oxidation sites excluding steroid dienone is 3. The van der Waals surface area contributed by atoms with Crippen molar-refractivity contribution in [2.75, 3.05) is 63.9 Å². The molecule has 0 radical (unpaired) electrons. The molecule has 5 fully saturated rings. The standard InChI is InChI=1S/C49H55F3N10O6/c1-29-2-5-32(21-40(29)61-13-10-41(63)56-48(61)67)46(66)59-14-11-49(12-15-59)23-36(28-68-49)58-16-18-60(19-17-58)47-54-25-34(26-55-47)31-6-7-33-27-62(57-39(33)20-31)35-8-3-30(4-9-35)24-53-45(65)37-22-38(50)44(64)43(52)42(37)51/h2,5-7,20,22,25-27,30,32,35-36,64H,3-4,8-19,21,23-24,28H2,1H3,(H,53,65)(H,56,63,67)/t30-,32?,35-,36-/m1/s1. The van der Waals surface area contributed by atoms with E-state index in [0.717, 1.165) is 104 Å². The second-order valence-electron chi connectivity index (χ2n) is 19.2. The van der Waals surface area contributed by atoms with E-state index in [2.05, 4.69) is 20.4 Å². The molecule has 3 N–H and O–H groups in total. The molecule has 19 heteroatoms. The number of carbonyl (C=O) groups excluding carboxylic acids is 4. The van der Waals surface area contributed by atoms with Gasteiger partial charge >= 0.3 is 6.03 Å². The van der Waals surface area contributed by atoms with Gasteiger partial charge in [0.1, 0.15) is 0 Å². The SMILES string of the molecule is CC1=C(N2CCC(=O)NC2=O)CC(C(=O)N2CCC3(CC2)C[C@@H](N2CCN(c4ncc(-c5ccc6cn([C@H]7CC[C@H](CNC(=O)c8cc(F)c(O)c(F)c8F)CC7)nc6c5)cn4)CC2)CO3)C=C1. The number of amides is 5. The number of benzene rings is 2. The smallest absolute Gasteiger partial charge is 0.328 e. The molecule has 5 amide bonds. The summed E-state index contributed by atoms with van der Waals surface area (Å²) in [6, 6.07) is 6.68. The Hall–Kier alpha value is -6.34. The molecule has 1 saturated carbocycles. The average molecular weight is 937 g/mol. The lowest BCUT2D eigenvalue weighted by molar-refractivity contribution is -0.139. The van der Waals surface area contributed by atoms with Gasteiger partial charge in [0.2, 0.25) is 23.6 Å². The lowest BCUT2D eigenvalue weighted by atomic mass is 9.85. The predicted molar refractivity (Wildman–Crippen MR) is 244 cm³/mol. The number of likely N-dealkylation sites (tertiary alicyclic amines) is 1. The maximum absolute atomic E-state index is 14.2. The van der Waals surface area contributed by atoms with Crippen LogP contribution < -0.4 is 15.5 Å². The fourth-order valence-electron chi connectivity index (χ4n) is 10.9. The van der Waals surface area contributed by atoms with Gasteiger partial charge in [-0.05, 0) is 81.1 Å². The molecule has 2 atom stereocenters. The summed E-state index contributed by atoms with van der Waals surface area (Å²) in [6.07, 6.45) is 16.0. The van der Waals surface area contributed by atoms with Gasteiger partial charge < -0.3 is 25.0 Å². The number of nitrogens with one attached hydrogen (secondary N) is 2. The van der Waals surface area contributed by atoms with E-state index in [-0.39, 0.29) is 48.3 Å². The van der Waals surface area contributed by atoms with Crippen molar-refractivity contribution in [2.45, 2.75) is 82.4 Å². The van der Waals surface area contributed by atoms with Crippen LogP contribution in [0, 0.1) is 29.3 Å². The average Bonchev–Trinajstić information content (AvgIpc) is 3.99. The predicted octanol–water partition coefficient (Wildman–Crippen LogP) is 5.84. The zero-order valence-corrected chi connectivity index (χ0v) is 37.9. The van der Waals surface area contributed by atoms with Gasteiger partial charge in [-0.15, -0.1) is 0 Å². The molecule has 2 aromatic carbocycles. The Morgan fingerprint density at radius 3 is 2.41 bits per heavy atom. The van der Waals surface area contributed by atoms with Crippen molar-refractivity contribution in [1.82, 2.24) is 45.1 Å². The highest BCUT2D eigenvalue weighted by Crippen LogP contribution is 2.40. The van der Waals surface area contributed by atoms with E-state index in [9.17, 15) is 37.5 Å². The number of phenols is 1. The van der Waals surface area contributed by atoms with E-state index in [4.69, 9.17) is 19.8 Å².